The Kier molecular flexibility index (Phi) is 2.61. The predicted molar refractivity (Wildman–Crippen MR) is 95.9 cm³/mol. The van der Waals surface area contributed by atoms with Crippen LogP contribution in [0.4, 0.5) is 0 Å². The van der Waals surface area contributed by atoms with Crippen molar-refractivity contribution in [2.45, 2.75) is 31.6 Å². The smallest absolute Gasteiger partial charge is 0.0255 e. The van der Waals surface area contributed by atoms with Gasteiger partial charge in [0.05, 0.1) is 0 Å². The first-order valence-corrected chi connectivity index (χ1v) is 8.56. The average Bonchev–Trinajstić information content (AvgIpc) is 2.95. The Morgan fingerprint density at radius 2 is 1.52 bits per heavy atom. The van der Waals surface area contributed by atoms with Gasteiger partial charge in [0, 0.05) is 5.41 Å². The van der Waals surface area contributed by atoms with E-state index in [4.69, 9.17) is 0 Å². The first-order valence-electron chi connectivity index (χ1n) is 8.56. The molecule has 0 heterocycles. The first-order chi connectivity index (χ1) is 11.3. The van der Waals surface area contributed by atoms with Crippen LogP contribution in [0.5, 0.6) is 0 Å². The van der Waals surface area contributed by atoms with Crippen molar-refractivity contribution in [1.82, 2.24) is 0 Å². The topological polar surface area (TPSA) is 0 Å². The van der Waals surface area contributed by atoms with E-state index in [-0.39, 0.29) is 5.41 Å². The second-order valence-electron chi connectivity index (χ2n) is 7.12. The van der Waals surface area contributed by atoms with Gasteiger partial charge < -0.3 is 0 Å². The third-order valence-corrected chi connectivity index (χ3v) is 5.84. The number of fused-ring (bicyclic) bond motifs is 6. The quantitative estimate of drug-likeness (QED) is 0.517. The Bertz CT molecular complexity index is 919. The molecule has 0 heteroatoms. The average molecular weight is 296 g/mol. The van der Waals surface area contributed by atoms with E-state index in [9.17, 15) is 0 Å². The molecule has 3 aromatic rings. The Labute approximate surface area is 137 Å². The van der Waals surface area contributed by atoms with Gasteiger partial charge in [0.25, 0.3) is 0 Å². The van der Waals surface area contributed by atoms with Gasteiger partial charge in [0.2, 0.25) is 0 Å². The van der Waals surface area contributed by atoms with Crippen LogP contribution in [0.2, 0.25) is 0 Å². The summed E-state index contributed by atoms with van der Waals surface area (Å²) in [5, 5.41) is 0. The van der Waals surface area contributed by atoms with Crippen LogP contribution in [0.25, 0.3) is 11.1 Å². The van der Waals surface area contributed by atoms with Gasteiger partial charge in [0.15, 0.2) is 0 Å². The lowest BCUT2D eigenvalue weighted by Crippen LogP contribution is -2.31. The fourth-order valence-electron chi connectivity index (χ4n) is 4.84. The Morgan fingerprint density at radius 1 is 0.739 bits per heavy atom. The predicted octanol–water partition coefficient (Wildman–Crippen LogP) is 5.45. The standard InChI is InChI=1S/C23H20/c1-16-10-11-19-18(14-16)15-23(22-9-5-3-7-20(19)22)13-12-17-6-2-4-8-21(17)23/h2-11,14H,12-13,15H2,1H3. The molecule has 0 radical (unpaired) electrons. The minimum absolute atomic E-state index is 0.175. The van der Waals surface area contributed by atoms with E-state index < -0.39 is 0 Å². The van der Waals surface area contributed by atoms with Crippen molar-refractivity contribution < 1.29 is 0 Å². The number of aryl methyl sites for hydroxylation is 2. The highest BCUT2D eigenvalue weighted by Crippen LogP contribution is 2.53. The largest absolute Gasteiger partial charge is 0.0620 e. The molecule has 1 unspecified atom stereocenters. The molecule has 23 heavy (non-hydrogen) atoms. The van der Waals surface area contributed by atoms with Crippen LogP contribution in [-0.2, 0) is 18.3 Å². The highest BCUT2D eigenvalue weighted by Gasteiger charge is 2.44. The lowest BCUT2D eigenvalue weighted by molar-refractivity contribution is 0.502. The molecule has 5 rings (SSSR count). The summed E-state index contributed by atoms with van der Waals surface area (Å²) in [4.78, 5) is 0. The van der Waals surface area contributed by atoms with Gasteiger partial charge in [-0.25, -0.2) is 0 Å². The molecule has 0 bridgehead atoms. The summed E-state index contributed by atoms with van der Waals surface area (Å²) in [6.07, 6.45) is 3.57. The fourth-order valence-corrected chi connectivity index (χ4v) is 4.84. The maximum atomic E-state index is 2.40. The molecule has 112 valence electrons. The van der Waals surface area contributed by atoms with Crippen molar-refractivity contribution in [1.29, 1.82) is 0 Å². The molecule has 0 amide bonds. The van der Waals surface area contributed by atoms with Gasteiger partial charge in [-0.3, -0.25) is 0 Å². The summed E-state index contributed by atoms with van der Waals surface area (Å²) in [7, 11) is 0. The van der Waals surface area contributed by atoms with Gasteiger partial charge in [-0.15, -0.1) is 0 Å². The third kappa shape index (κ3) is 1.72. The number of hydrogen-bond acceptors (Lipinski definition) is 0. The minimum Gasteiger partial charge on any atom is -0.0620 e. The van der Waals surface area contributed by atoms with E-state index in [0.29, 0.717) is 0 Å². The molecule has 0 N–H and O–H groups in total. The molecular formula is C23H20. The summed E-state index contributed by atoms with van der Waals surface area (Å²) >= 11 is 0. The van der Waals surface area contributed by atoms with Crippen molar-refractivity contribution in [2.24, 2.45) is 0 Å². The monoisotopic (exact) mass is 296 g/mol. The Morgan fingerprint density at radius 3 is 2.43 bits per heavy atom. The van der Waals surface area contributed by atoms with Crippen molar-refractivity contribution >= 4 is 0 Å². The zero-order valence-corrected chi connectivity index (χ0v) is 13.5. The van der Waals surface area contributed by atoms with E-state index in [1.807, 2.05) is 0 Å². The summed E-state index contributed by atoms with van der Waals surface area (Å²) in [5.41, 5.74) is 10.5. The van der Waals surface area contributed by atoms with Gasteiger partial charge in [-0.05, 0) is 59.6 Å². The summed E-state index contributed by atoms with van der Waals surface area (Å²) in [6, 6.07) is 25.1. The molecule has 0 aliphatic heterocycles. The highest BCUT2D eigenvalue weighted by atomic mass is 14.5. The van der Waals surface area contributed by atoms with Crippen LogP contribution in [0, 0.1) is 6.92 Å². The molecular weight excluding hydrogens is 276 g/mol. The van der Waals surface area contributed by atoms with Crippen LogP contribution in [-0.4, -0.2) is 0 Å². The second-order valence-corrected chi connectivity index (χ2v) is 7.12. The zero-order valence-electron chi connectivity index (χ0n) is 13.5. The maximum absolute atomic E-state index is 2.40. The lowest BCUT2D eigenvalue weighted by atomic mass is 9.65. The van der Waals surface area contributed by atoms with Crippen molar-refractivity contribution in [3.63, 3.8) is 0 Å². The normalized spacial score (nSPS) is 20.9. The Hall–Kier alpha value is -2.34. The van der Waals surface area contributed by atoms with Crippen LogP contribution < -0.4 is 0 Å². The van der Waals surface area contributed by atoms with E-state index in [0.717, 1.165) is 6.42 Å². The van der Waals surface area contributed by atoms with Crippen molar-refractivity contribution in [3.8, 4) is 11.1 Å². The van der Waals surface area contributed by atoms with Crippen LogP contribution in [0.15, 0.2) is 66.7 Å². The lowest BCUT2D eigenvalue weighted by Gasteiger charge is -2.38. The van der Waals surface area contributed by atoms with Crippen LogP contribution in [0.1, 0.15) is 34.2 Å². The molecule has 2 aliphatic rings. The molecule has 0 saturated heterocycles. The first kappa shape index (κ1) is 13.1. The van der Waals surface area contributed by atoms with Gasteiger partial charge in [0.1, 0.15) is 0 Å². The minimum atomic E-state index is 0.175. The fraction of sp³-hybridized carbons (Fsp3) is 0.217. The Balaban J connectivity index is 1.83. The second kappa shape index (κ2) is 4.58. The van der Waals surface area contributed by atoms with Gasteiger partial charge in [-0.1, -0.05) is 72.3 Å². The molecule has 1 spiro atoms. The summed E-state index contributed by atoms with van der Waals surface area (Å²) < 4.78 is 0. The molecule has 0 saturated carbocycles. The summed E-state index contributed by atoms with van der Waals surface area (Å²) in [6.45, 7) is 2.20. The molecule has 0 fully saturated rings. The summed E-state index contributed by atoms with van der Waals surface area (Å²) in [5.74, 6) is 0. The van der Waals surface area contributed by atoms with E-state index in [1.54, 1.807) is 11.1 Å². The molecule has 0 aromatic heterocycles. The zero-order chi connectivity index (χ0) is 15.4. The van der Waals surface area contributed by atoms with Gasteiger partial charge in [-0.2, -0.15) is 0 Å². The molecule has 0 nitrogen and oxygen atoms in total. The van der Waals surface area contributed by atoms with E-state index in [1.165, 1.54) is 40.7 Å². The van der Waals surface area contributed by atoms with Gasteiger partial charge >= 0.3 is 0 Å². The van der Waals surface area contributed by atoms with E-state index in [2.05, 4.69) is 73.7 Å². The number of rotatable bonds is 0. The van der Waals surface area contributed by atoms with E-state index >= 15 is 0 Å². The highest BCUT2D eigenvalue weighted by molar-refractivity contribution is 5.77. The number of benzene rings is 3. The maximum Gasteiger partial charge on any atom is 0.0255 e. The molecule has 3 aromatic carbocycles. The third-order valence-electron chi connectivity index (χ3n) is 5.84. The molecule has 1 atom stereocenters. The van der Waals surface area contributed by atoms with Crippen LogP contribution >= 0.6 is 0 Å². The van der Waals surface area contributed by atoms with Crippen LogP contribution in [0.3, 0.4) is 0 Å². The van der Waals surface area contributed by atoms with Crippen molar-refractivity contribution in [3.05, 3.63) is 94.5 Å². The molecule has 2 aliphatic carbocycles. The SMILES string of the molecule is Cc1ccc2c(c1)CC1(CCc3ccccc31)c1ccccc1-2. The van der Waals surface area contributed by atoms with Crippen molar-refractivity contribution in [2.75, 3.05) is 0 Å². The number of hydrogen-bond donors (Lipinski definition) is 0.